The number of hydrogen-bond donors (Lipinski definition) is 2. The number of carboxylic acids is 1. The number of carbonyl (C=O) groups is 2. The van der Waals surface area contributed by atoms with E-state index in [9.17, 15) is 9.59 Å². The van der Waals surface area contributed by atoms with E-state index in [4.69, 9.17) is 5.11 Å². The summed E-state index contributed by atoms with van der Waals surface area (Å²) in [4.78, 5) is 22.9. The van der Waals surface area contributed by atoms with Crippen molar-refractivity contribution in [2.24, 2.45) is 11.8 Å². The lowest BCUT2D eigenvalue weighted by Gasteiger charge is -2.27. The van der Waals surface area contributed by atoms with E-state index in [-0.39, 0.29) is 23.8 Å². The van der Waals surface area contributed by atoms with E-state index in [2.05, 4.69) is 19.2 Å². The van der Waals surface area contributed by atoms with E-state index in [0.717, 1.165) is 25.7 Å². The number of nitrogens with one attached hydrogen (secondary N) is 1. The summed E-state index contributed by atoms with van der Waals surface area (Å²) in [6.45, 7) is 4.10. The van der Waals surface area contributed by atoms with E-state index in [0.29, 0.717) is 12.8 Å². The Labute approximate surface area is 103 Å². The third kappa shape index (κ3) is 4.02. The number of hydrogen-bond acceptors (Lipinski definition) is 2. The first-order valence-electron chi connectivity index (χ1n) is 6.61. The highest BCUT2D eigenvalue weighted by Gasteiger charge is 2.31. The van der Waals surface area contributed by atoms with Crippen LogP contribution in [0, 0.1) is 11.8 Å². The number of carbonyl (C=O) groups excluding carboxylic acids is 1. The fourth-order valence-electron chi connectivity index (χ4n) is 2.46. The lowest BCUT2D eigenvalue weighted by atomic mass is 9.81. The second-order valence-corrected chi connectivity index (χ2v) is 4.92. The van der Waals surface area contributed by atoms with Crippen LogP contribution in [-0.2, 0) is 9.59 Å². The molecule has 1 saturated carbocycles. The number of rotatable bonds is 5. The van der Waals surface area contributed by atoms with Crippen molar-refractivity contribution >= 4 is 11.9 Å². The van der Waals surface area contributed by atoms with E-state index < -0.39 is 5.97 Å². The predicted octanol–water partition coefficient (Wildman–Crippen LogP) is 2.18. The molecular weight excluding hydrogens is 218 g/mol. The third-order valence-electron chi connectivity index (χ3n) is 3.73. The first kappa shape index (κ1) is 14.0. The Morgan fingerprint density at radius 3 is 2.35 bits per heavy atom. The maximum Gasteiger partial charge on any atom is 0.306 e. The summed E-state index contributed by atoms with van der Waals surface area (Å²) >= 11 is 0. The van der Waals surface area contributed by atoms with Crippen molar-refractivity contribution in [1.82, 2.24) is 5.32 Å². The summed E-state index contributed by atoms with van der Waals surface area (Å²) in [5.74, 6) is -1.15. The largest absolute Gasteiger partial charge is 0.481 e. The zero-order chi connectivity index (χ0) is 12.8. The SMILES string of the molecule is CCC(CC)NC(=O)C1CCCC(C(=O)O)C1. The number of aliphatic carboxylic acids is 1. The van der Waals surface area contributed by atoms with Gasteiger partial charge in [0.1, 0.15) is 0 Å². The molecule has 0 aromatic rings. The van der Waals surface area contributed by atoms with E-state index in [1.807, 2.05) is 0 Å². The number of carboxylic acid groups (broad SMARTS) is 1. The van der Waals surface area contributed by atoms with Crippen molar-refractivity contribution in [3.63, 3.8) is 0 Å². The van der Waals surface area contributed by atoms with Crippen LogP contribution in [0.5, 0.6) is 0 Å². The van der Waals surface area contributed by atoms with Crippen LogP contribution in [0.4, 0.5) is 0 Å². The molecule has 4 heteroatoms. The molecule has 1 fully saturated rings. The molecule has 1 aliphatic rings. The Morgan fingerprint density at radius 1 is 1.24 bits per heavy atom. The van der Waals surface area contributed by atoms with Crippen molar-refractivity contribution < 1.29 is 14.7 Å². The Morgan fingerprint density at radius 2 is 1.82 bits per heavy atom. The molecule has 0 heterocycles. The molecule has 0 saturated heterocycles. The lowest BCUT2D eigenvalue weighted by molar-refractivity contribution is -0.144. The summed E-state index contributed by atoms with van der Waals surface area (Å²) in [6, 6.07) is 0.229. The van der Waals surface area contributed by atoms with E-state index in [1.165, 1.54) is 0 Å². The first-order valence-corrected chi connectivity index (χ1v) is 6.61. The highest BCUT2D eigenvalue weighted by atomic mass is 16.4. The standard InChI is InChI=1S/C13H23NO3/c1-3-11(4-2)14-12(15)9-6-5-7-10(8-9)13(16)17/h9-11H,3-8H2,1-2H3,(H,14,15)(H,16,17). The molecule has 2 atom stereocenters. The molecule has 17 heavy (non-hydrogen) atoms. The van der Waals surface area contributed by atoms with Crippen LogP contribution in [0.3, 0.4) is 0 Å². The van der Waals surface area contributed by atoms with E-state index >= 15 is 0 Å². The first-order chi connectivity index (χ1) is 8.08. The van der Waals surface area contributed by atoms with Crippen LogP contribution in [0.1, 0.15) is 52.4 Å². The number of amides is 1. The van der Waals surface area contributed by atoms with Crippen molar-refractivity contribution in [3.8, 4) is 0 Å². The van der Waals surface area contributed by atoms with Gasteiger partial charge in [0.05, 0.1) is 5.92 Å². The molecule has 0 radical (unpaired) electrons. The molecule has 2 unspecified atom stereocenters. The van der Waals surface area contributed by atoms with Crippen molar-refractivity contribution in [3.05, 3.63) is 0 Å². The minimum Gasteiger partial charge on any atom is -0.481 e. The fraction of sp³-hybridized carbons (Fsp3) is 0.846. The van der Waals surface area contributed by atoms with Gasteiger partial charge in [-0.1, -0.05) is 20.3 Å². The molecule has 1 amide bonds. The van der Waals surface area contributed by atoms with Crippen LogP contribution in [-0.4, -0.2) is 23.0 Å². The average molecular weight is 241 g/mol. The summed E-state index contributed by atoms with van der Waals surface area (Å²) in [6.07, 6.45) is 4.74. The highest BCUT2D eigenvalue weighted by Crippen LogP contribution is 2.29. The van der Waals surface area contributed by atoms with Crippen molar-refractivity contribution in [2.75, 3.05) is 0 Å². The fourth-order valence-corrected chi connectivity index (χ4v) is 2.46. The summed E-state index contributed by atoms with van der Waals surface area (Å²) < 4.78 is 0. The molecule has 1 aliphatic carbocycles. The predicted molar refractivity (Wildman–Crippen MR) is 65.6 cm³/mol. The van der Waals surface area contributed by atoms with Gasteiger partial charge in [0.25, 0.3) is 0 Å². The molecule has 4 nitrogen and oxygen atoms in total. The van der Waals surface area contributed by atoms with Gasteiger partial charge in [-0.2, -0.15) is 0 Å². The summed E-state index contributed by atoms with van der Waals surface area (Å²) in [7, 11) is 0. The zero-order valence-corrected chi connectivity index (χ0v) is 10.7. The van der Waals surface area contributed by atoms with Gasteiger partial charge in [-0.05, 0) is 32.1 Å². The highest BCUT2D eigenvalue weighted by molar-refractivity contribution is 5.80. The molecule has 0 aromatic heterocycles. The molecule has 0 aliphatic heterocycles. The van der Waals surface area contributed by atoms with Crippen LogP contribution >= 0.6 is 0 Å². The maximum absolute atomic E-state index is 12.0. The van der Waals surface area contributed by atoms with Gasteiger partial charge in [0.2, 0.25) is 5.91 Å². The Kier molecular flexibility index (Phi) is 5.45. The maximum atomic E-state index is 12.0. The zero-order valence-electron chi connectivity index (χ0n) is 10.7. The van der Waals surface area contributed by atoms with Gasteiger partial charge in [-0.15, -0.1) is 0 Å². The summed E-state index contributed by atoms with van der Waals surface area (Å²) in [5, 5.41) is 12.0. The molecule has 2 N–H and O–H groups in total. The lowest BCUT2D eigenvalue weighted by Crippen LogP contribution is -2.40. The van der Waals surface area contributed by atoms with Gasteiger partial charge >= 0.3 is 5.97 Å². The van der Waals surface area contributed by atoms with Crippen molar-refractivity contribution in [1.29, 1.82) is 0 Å². The van der Waals surface area contributed by atoms with Crippen LogP contribution in [0.2, 0.25) is 0 Å². The van der Waals surface area contributed by atoms with Crippen molar-refractivity contribution in [2.45, 2.75) is 58.4 Å². The minimum absolute atomic E-state index is 0.0460. The minimum atomic E-state index is -0.759. The summed E-state index contributed by atoms with van der Waals surface area (Å²) in [5.41, 5.74) is 0. The molecule has 1 rings (SSSR count). The van der Waals surface area contributed by atoms with Gasteiger partial charge in [-0.25, -0.2) is 0 Å². The quantitative estimate of drug-likeness (QED) is 0.775. The smallest absolute Gasteiger partial charge is 0.306 e. The van der Waals surface area contributed by atoms with Crippen LogP contribution in [0.15, 0.2) is 0 Å². The third-order valence-corrected chi connectivity index (χ3v) is 3.73. The average Bonchev–Trinajstić information content (AvgIpc) is 2.35. The molecule has 98 valence electrons. The topological polar surface area (TPSA) is 66.4 Å². The molecule has 0 aromatic carbocycles. The van der Waals surface area contributed by atoms with Crippen LogP contribution in [0.25, 0.3) is 0 Å². The normalized spacial score (nSPS) is 24.6. The van der Waals surface area contributed by atoms with Gasteiger partial charge in [0, 0.05) is 12.0 Å². The Balaban J connectivity index is 2.48. The molecule has 0 spiro atoms. The Hall–Kier alpha value is -1.06. The van der Waals surface area contributed by atoms with E-state index in [1.54, 1.807) is 0 Å². The van der Waals surface area contributed by atoms with Gasteiger partial charge in [0.15, 0.2) is 0 Å². The Bertz CT molecular complexity index is 274. The van der Waals surface area contributed by atoms with Crippen LogP contribution < -0.4 is 5.32 Å². The monoisotopic (exact) mass is 241 g/mol. The second-order valence-electron chi connectivity index (χ2n) is 4.92. The molecular formula is C13H23NO3. The van der Waals surface area contributed by atoms with Gasteiger partial charge in [-0.3, -0.25) is 9.59 Å². The second kappa shape index (κ2) is 6.62. The van der Waals surface area contributed by atoms with Gasteiger partial charge < -0.3 is 10.4 Å². The molecule has 0 bridgehead atoms.